The van der Waals surface area contributed by atoms with Crippen LogP contribution < -0.4 is 10.6 Å². The van der Waals surface area contributed by atoms with Crippen molar-refractivity contribution in [2.45, 2.75) is 31.8 Å². The maximum atomic E-state index is 13.0. The van der Waals surface area contributed by atoms with Crippen LogP contribution in [0.4, 0.5) is 4.39 Å². The van der Waals surface area contributed by atoms with E-state index in [2.05, 4.69) is 16.6 Å². The topological polar surface area (TPSA) is 61.4 Å². The lowest BCUT2D eigenvalue weighted by molar-refractivity contribution is -0.129. The maximum absolute atomic E-state index is 13.0. The number of hydrogen-bond acceptors (Lipinski definition) is 3. The van der Waals surface area contributed by atoms with Crippen molar-refractivity contribution in [3.8, 4) is 12.3 Å². The summed E-state index contributed by atoms with van der Waals surface area (Å²) in [6, 6.07) is 5.59. The summed E-state index contributed by atoms with van der Waals surface area (Å²) >= 11 is 0. The van der Waals surface area contributed by atoms with Crippen molar-refractivity contribution < 1.29 is 14.0 Å². The monoisotopic (exact) mass is 331 g/mol. The molecule has 1 saturated heterocycles. The van der Waals surface area contributed by atoms with Gasteiger partial charge < -0.3 is 10.6 Å². The highest BCUT2D eigenvalue weighted by Gasteiger charge is 2.23. The highest BCUT2D eigenvalue weighted by Crippen LogP contribution is 2.08. The van der Waals surface area contributed by atoms with Gasteiger partial charge in [-0.1, -0.05) is 18.1 Å². The average Bonchev–Trinajstić information content (AvgIpc) is 2.75. The molecule has 1 aromatic carbocycles. The molecule has 0 aromatic heterocycles. The molecule has 1 aliphatic heterocycles. The lowest BCUT2D eigenvalue weighted by atomic mass is 10.1. The fraction of sp³-hybridized carbons (Fsp3) is 0.444. The van der Waals surface area contributed by atoms with E-state index < -0.39 is 6.04 Å². The second kappa shape index (κ2) is 9.04. The van der Waals surface area contributed by atoms with Gasteiger partial charge in [0, 0.05) is 13.1 Å². The molecule has 2 N–H and O–H groups in total. The number of terminal acetylenes is 1. The molecule has 0 radical (unpaired) electrons. The van der Waals surface area contributed by atoms with Gasteiger partial charge in [0.05, 0.1) is 13.1 Å². The molecule has 2 rings (SSSR count). The lowest BCUT2D eigenvalue weighted by Gasteiger charge is -2.21. The Morgan fingerprint density at radius 1 is 1.38 bits per heavy atom. The third kappa shape index (κ3) is 5.67. The summed E-state index contributed by atoms with van der Waals surface area (Å²) < 4.78 is 13.0. The molecule has 1 fully saturated rings. The van der Waals surface area contributed by atoms with Crippen LogP contribution in [0.3, 0.4) is 0 Å². The second-order valence-corrected chi connectivity index (χ2v) is 5.88. The maximum Gasteiger partial charge on any atom is 0.242 e. The van der Waals surface area contributed by atoms with Crippen molar-refractivity contribution in [1.29, 1.82) is 0 Å². The van der Waals surface area contributed by atoms with Gasteiger partial charge in [-0.3, -0.25) is 14.5 Å². The fourth-order valence-electron chi connectivity index (χ4n) is 2.66. The Bertz CT molecular complexity index is 610. The Hall–Kier alpha value is -2.39. The summed E-state index contributed by atoms with van der Waals surface area (Å²) in [4.78, 5) is 25.9. The van der Waals surface area contributed by atoms with Crippen LogP contribution in [0, 0.1) is 18.2 Å². The van der Waals surface area contributed by atoms with Crippen molar-refractivity contribution in [3.63, 3.8) is 0 Å². The van der Waals surface area contributed by atoms with E-state index in [4.69, 9.17) is 6.42 Å². The molecular weight excluding hydrogens is 309 g/mol. The molecule has 1 heterocycles. The van der Waals surface area contributed by atoms with E-state index in [1.807, 2.05) is 0 Å². The highest BCUT2D eigenvalue weighted by molar-refractivity contribution is 5.88. The number of nitrogens with one attached hydrogen (secondary N) is 2. The minimum absolute atomic E-state index is 0.0886. The first kappa shape index (κ1) is 18.0. The summed E-state index contributed by atoms with van der Waals surface area (Å²) in [5.74, 6) is 1.84. The molecule has 1 atom stereocenters. The first-order valence-electron chi connectivity index (χ1n) is 8.06. The number of nitrogens with zero attached hydrogens (tertiary/aromatic N) is 1. The van der Waals surface area contributed by atoms with E-state index in [0.29, 0.717) is 26.1 Å². The Labute approximate surface area is 141 Å². The summed E-state index contributed by atoms with van der Waals surface area (Å²) in [5, 5.41) is 5.56. The van der Waals surface area contributed by atoms with Gasteiger partial charge in [0.2, 0.25) is 11.8 Å². The minimum Gasteiger partial charge on any atom is -0.354 e. The zero-order chi connectivity index (χ0) is 17.4. The fourth-order valence-corrected chi connectivity index (χ4v) is 2.66. The van der Waals surface area contributed by atoms with Crippen LogP contribution >= 0.6 is 0 Å². The third-order valence-electron chi connectivity index (χ3n) is 3.87. The van der Waals surface area contributed by atoms with E-state index in [1.165, 1.54) is 12.1 Å². The van der Waals surface area contributed by atoms with E-state index in [-0.39, 0.29) is 24.2 Å². The van der Waals surface area contributed by atoms with Gasteiger partial charge in [-0.25, -0.2) is 4.39 Å². The Kier molecular flexibility index (Phi) is 6.76. The molecule has 0 bridgehead atoms. The van der Waals surface area contributed by atoms with Crippen molar-refractivity contribution in [3.05, 3.63) is 35.6 Å². The van der Waals surface area contributed by atoms with Crippen molar-refractivity contribution in [1.82, 2.24) is 15.5 Å². The van der Waals surface area contributed by atoms with Crippen LogP contribution in [-0.4, -0.2) is 42.4 Å². The van der Waals surface area contributed by atoms with Crippen molar-refractivity contribution in [2.75, 3.05) is 19.6 Å². The molecule has 5 nitrogen and oxygen atoms in total. The number of carbonyl (C=O) groups is 2. The summed E-state index contributed by atoms with van der Waals surface area (Å²) in [7, 11) is 0. The lowest BCUT2D eigenvalue weighted by Crippen LogP contribution is -2.48. The molecule has 24 heavy (non-hydrogen) atoms. The zero-order valence-electron chi connectivity index (χ0n) is 13.6. The predicted molar refractivity (Wildman–Crippen MR) is 89.3 cm³/mol. The number of hydrogen-bond donors (Lipinski definition) is 2. The second-order valence-electron chi connectivity index (χ2n) is 5.88. The molecule has 1 unspecified atom stereocenters. The van der Waals surface area contributed by atoms with E-state index >= 15 is 0 Å². The van der Waals surface area contributed by atoms with Crippen LogP contribution in [0.1, 0.15) is 24.8 Å². The Balaban J connectivity index is 1.91. The number of carbonyl (C=O) groups excluding carboxylic acids is 2. The molecule has 0 aliphatic carbocycles. The van der Waals surface area contributed by atoms with Gasteiger partial charge in [0.1, 0.15) is 11.9 Å². The highest BCUT2D eigenvalue weighted by atomic mass is 19.1. The molecule has 1 aromatic rings. The SMILES string of the molecule is C#CCN(CC(=O)NC1CCCCNC1=O)Cc1ccc(F)cc1. The number of benzene rings is 1. The number of amides is 2. The summed E-state index contributed by atoms with van der Waals surface area (Å²) in [6.07, 6.45) is 7.82. The zero-order valence-corrected chi connectivity index (χ0v) is 13.6. The molecule has 0 saturated carbocycles. The molecular formula is C18H22FN3O2. The standard InChI is InChI=1S/C18H22FN3O2/c1-2-11-22(12-14-6-8-15(19)9-7-14)13-17(23)21-16-5-3-4-10-20-18(16)24/h1,6-9,16H,3-5,10-13H2,(H,20,24)(H,21,23). The Morgan fingerprint density at radius 2 is 2.12 bits per heavy atom. The van der Waals surface area contributed by atoms with Crippen LogP contribution in [0.15, 0.2) is 24.3 Å². The smallest absolute Gasteiger partial charge is 0.242 e. The van der Waals surface area contributed by atoms with Crippen LogP contribution in [0.25, 0.3) is 0 Å². The molecule has 6 heteroatoms. The largest absolute Gasteiger partial charge is 0.354 e. The van der Waals surface area contributed by atoms with Gasteiger partial charge in [-0.05, 0) is 37.0 Å². The van der Waals surface area contributed by atoms with Gasteiger partial charge >= 0.3 is 0 Å². The third-order valence-corrected chi connectivity index (χ3v) is 3.87. The first-order chi connectivity index (χ1) is 11.6. The van der Waals surface area contributed by atoms with Gasteiger partial charge in [-0.15, -0.1) is 6.42 Å². The molecule has 128 valence electrons. The van der Waals surface area contributed by atoms with Crippen molar-refractivity contribution in [2.24, 2.45) is 0 Å². The van der Waals surface area contributed by atoms with Gasteiger partial charge in [0.15, 0.2) is 0 Å². The molecule has 0 spiro atoms. The average molecular weight is 331 g/mol. The van der Waals surface area contributed by atoms with E-state index in [9.17, 15) is 14.0 Å². The van der Waals surface area contributed by atoms with E-state index in [0.717, 1.165) is 18.4 Å². The van der Waals surface area contributed by atoms with Gasteiger partial charge in [0.25, 0.3) is 0 Å². The predicted octanol–water partition coefficient (Wildman–Crippen LogP) is 1.05. The van der Waals surface area contributed by atoms with Crippen LogP contribution in [0.5, 0.6) is 0 Å². The molecule has 2 amide bonds. The first-order valence-corrected chi connectivity index (χ1v) is 8.06. The Morgan fingerprint density at radius 3 is 2.83 bits per heavy atom. The number of rotatable bonds is 6. The normalized spacial score (nSPS) is 17.7. The minimum atomic E-state index is -0.487. The van der Waals surface area contributed by atoms with Crippen molar-refractivity contribution >= 4 is 11.8 Å². The van der Waals surface area contributed by atoms with E-state index in [1.54, 1.807) is 17.0 Å². The molecule has 1 aliphatic rings. The number of halogens is 1. The summed E-state index contributed by atoms with van der Waals surface area (Å²) in [5.41, 5.74) is 0.867. The van der Waals surface area contributed by atoms with Crippen LogP contribution in [-0.2, 0) is 16.1 Å². The van der Waals surface area contributed by atoms with Gasteiger partial charge in [-0.2, -0.15) is 0 Å². The summed E-state index contributed by atoms with van der Waals surface area (Å²) in [6.45, 7) is 1.47. The van der Waals surface area contributed by atoms with Crippen LogP contribution in [0.2, 0.25) is 0 Å². The quantitative estimate of drug-likeness (QED) is 0.766.